The molecule has 1 fully saturated rings. The van der Waals surface area contributed by atoms with Crippen LogP contribution in [0.4, 0.5) is 5.69 Å². The summed E-state index contributed by atoms with van der Waals surface area (Å²) in [7, 11) is 0. The second-order valence-corrected chi connectivity index (χ2v) is 6.53. The Balaban J connectivity index is 1.58. The minimum absolute atomic E-state index is 0.00810. The minimum atomic E-state index is -0.218. The molecular formula is C20H21N3O2. The first kappa shape index (κ1) is 15.8. The summed E-state index contributed by atoms with van der Waals surface area (Å²) in [5.41, 5.74) is 1.36. The fraction of sp³-hybridized carbons (Fsp3) is 0.300. The van der Waals surface area contributed by atoms with Crippen LogP contribution in [0.25, 0.3) is 10.9 Å². The summed E-state index contributed by atoms with van der Waals surface area (Å²) >= 11 is 0. The van der Waals surface area contributed by atoms with Gasteiger partial charge in [0.2, 0.25) is 5.91 Å². The summed E-state index contributed by atoms with van der Waals surface area (Å²) in [5, 5.41) is 4.08. The summed E-state index contributed by atoms with van der Waals surface area (Å²) in [6, 6.07) is 13.7. The fourth-order valence-electron chi connectivity index (χ4n) is 3.63. The zero-order valence-corrected chi connectivity index (χ0v) is 14.0. The van der Waals surface area contributed by atoms with Crippen molar-refractivity contribution in [1.82, 2.24) is 9.55 Å². The van der Waals surface area contributed by atoms with Crippen LogP contribution in [0.15, 0.2) is 61.1 Å². The number of carbonyl (C=O) groups excluding carboxylic acids is 1. The van der Waals surface area contributed by atoms with E-state index in [-0.39, 0.29) is 11.4 Å². The molecule has 0 unspecified atom stereocenters. The first-order valence-electron chi connectivity index (χ1n) is 8.62. The van der Waals surface area contributed by atoms with E-state index in [0.29, 0.717) is 19.6 Å². The number of hydrogen-bond donors (Lipinski definition) is 1. The van der Waals surface area contributed by atoms with Gasteiger partial charge in [0.05, 0.1) is 23.2 Å². The van der Waals surface area contributed by atoms with Gasteiger partial charge >= 0.3 is 0 Å². The second-order valence-electron chi connectivity index (χ2n) is 6.53. The Morgan fingerprint density at radius 3 is 2.68 bits per heavy atom. The number of amides is 1. The van der Waals surface area contributed by atoms with E-state index in [9.17, 15) is 4.79 Å². The van der Waals surface area contributed by atoms with Crippen LogP contribution in [0.1, 0.15) is 19.3 Å². The number of pyridine rings is 1. The first-order chi connectivity index (χ1) is 12.3. The number of aromatic nitrogens is 2. The van der Waals surface area contributed by atoms with Crippen molar-refractivity contribution in [3.05, 3.63) is 61.1 Å². The van der Waals surface area contributed by atoms with Gasteiger partial charge in [0.15, 0.2) is 0 Å². The van der Waals surface area contributed by atoms with Crippen LogP contribution in [0, 0.1) is 0 Å². The molecule has 5 nitrogen and oxygen atoms in total. The third-order valence-electron chi connectivity index (χ3n) is 4.97. The van der Waals surface area contributed by atoms with E-state index in [1.165, 1.54) is 0 Å². The number of fused-ring (bicyclic) bond motifs is 1. The summed E-state index contributed by atoms with van der Waals surface area (Å²) in [5.74, 6) is 0.00810. The molecular weight excluding hydrogens is 314 g/mol. The number of hydrogen-bond acceptors (Lipinski definition) is 3. The topological polar surface area (TPSA) is 56.1 Å². The van der Waals surface area contributed by atoms with Crippen molar-refractivity contribution < 1.29 is 9.53 Å². The predicted molar refractivity (Wildman–Crippen MR) is 97.4 cm³/mol. The summed E-state index contributed by atoms with van der Waals surface area (Å²) in [6.07, 6.45) is 7.92. The third-order valence-corrected chi connectivity index (χ3v) is 4.97. The molecule has 3 heterocycles. The van der Waals surface area contributed by atoms with Crippen molar-refractivity contribution in [2.24, 2.45) is 0 Å². The fourth-order valence-corrected chi connectivity index (χ4v) is 3.63. The largest absolute Gasteiger partial charge is 0.381 e. The number of ether oxygens (including phenoxy) is 1. The normalized spacial score (nSPS) is 16.6. The zero-order valence-electron chi connectivity index (χ0n) is 14.0. The molecule has 0 atom stereocenters. The number of benzene rings is 1. The van der Waals surface area contributed by atoms with Crippen molar-refractivity contribution >= 4 is 22.5 Å². The van der Waals surface area contributed by atoms with Crippen LogP contribution < -0.4 is 5.32 Å². The van der Waals surface area contributed by atoms with Gasteiger partial charge < -0.3 is 14.6 Å². The zero-order chi connectivity index (χ0) is 17.1. The molecule has 0 aliphatic carbocycles. The van der Waals surface area contributed by atoms with Gasteiger partial charge in [-0.05, 0) is 37.1 Å². The van der Waals surface area contributed by atoms with Gasteiger partial charge in [-0.15, -0.1) is 0 Å². The number of anilines is 1. The highest BCUT2D eigenvalue weighted by atomic mass is 16.5. The molecule has 1 N–H and O–H groups in total. The van der Waals surface area contributed by atoms with Crippen LogP contribution in [0.3, 0.4) is 0 Å². The molecule has 1 aromatic carbocycles. The van der Waals surface area contributed by atoms with Crippen LogP contribution in [-0.4, -0.2) is 28.7 Å². The van der Waals surface area contributed by atoms with Crippen LogP contribution >= 0.6 is 0 Å². The Hall–Kier alpha value is -2.66. The minimum Gasteiger partial charge on any atom is -0.381 e. The van der Waals surface area contributed by atoms with E-state index < -0.39 is 0 Å². The SMILES string of the molecule is O=C(CC1(n2cccc2)CCOCC1)Nc1cccc2cccnc12. The third kappa shape index (κ3) is 3.15. The molecule has 1 aliphatic rings. The van der Waals surface area contributed by atoms with Crippen LogP contribution in [-0.2, 0) is 15.1 Å². The maximum atomic E-state index is 12.8. The standard InChI is InChI=1S/C20H21N3O2/c24-18(22-17-7-3-5-16-6-4-10-21-19(16)17)15-20(8-13-25-14-9-20)23-11-1-2-12-23/h1-7,10-12H,8-9,13-15H2,(H,22,24). The quantitative estimate of drug-likeness (QED) is 0.793. The average Bonchev–Trinajstić information content (AvgIpc) is 3.18. The van der Waals surface area contributed by atoms with Crippen molar-refractivity contribution in [2.75, 3.05) is 18.5 Å². The molecule has 2 aromatic heterocycles. The van der Waals surface area contributed by atoms with Gasteiger partial charge in [-0.2, -0.15) is 0 Å². The van der Waals surface area contributed by atoms with Gasteiger partial charge in [0.1, 0.15) is 0 Å². The van der Waals surface area contributed by atoms with Crippen molar-refractivity contribution in [2.45, 2.75) is 24.8 Å². The lowest BCUT2D eigenvalue weighted by molar-refractivity contribution is -0.119. The van der Waals surface area contributed by atoms with Crippen molar-refractivity contribution in [3.63, 3.8) is 0 Å². The van der Waals surface area contributed by atoms with E-state index in [2.05, 4.69) is 14.9 Å². The second kappa shape index (κ2) is 6.69. The van der Waals surface area contributed by atoms with Crippen molar-refractivity contribution in [1.29, 1.82) is 0 Å². The van der Waals surface area contributed by atoms with Gasteiger partial charge in [0, 0.05) is 37.2 Å². The van der Waals surface area contributed by atoms with E-state index in [1.807, 2.05) is 54.9 Å². The van der Waals surface area contributed by atoms with Crippen molar-refractivity contribution in [3.8, 4) is 0 Å². The Kier molecular flexibility index (Phi) is 4.24. The highest BCUT2D eigenvalue weighted by Gasteiger charge is 2.36. The number of carbonyl (C=O) groups is 1. The molecule has 0 bridgehead atoms. The molecule has 0 spiro atoms. The first-order valence-corrected chi connectivity index (χ1v) is 8.62. The van der Waals surface area contributed by atoms with E-state index in [4.69, 9.17) is 4.74 Å². The molecule has 1 saturated heterocycles. The summed E-state index contributed by atoms with van der Waals surface area (Å²) in [4.78, 5) is 17.2. The van der Waals surface area contributed by atoms with Crippen LogP contribution in [0.2, 0.25) is 0 Å². The van der Waals surface area contributed by atoms with Crippen LogP contribution in [0.5, 0.6) is 0 Å². The summed E-state index contributed by atoms with van der Waals surface area (Å²) < 4.78 is 7.69. The van der Waals surface area contributed by atoms with Gasteiger partial charge in [-0.3, -0.25) is 9.78 Å². The number of nitrogens with one attached hydrogen (secondary N) is 1. The number of para-hydroxylation sites is 1. The Morgan fingerprint density at radius 2 is 1.88 bits per heavy atom. The Morgan fingerprint density at radius 1 is 1.12 bits per heavy atom. The van der Waals surface area contributed by atoms with Gasteiger partial charge in [0.25, 0.3) is 0 Å². The number of rotatable bonds is 4. The van der Waals surface area contributed by atoms with E-state index in [1.54, 1.807) is 6.20 Å². The molecule has 1 amide bonds. The predicted octanol–water partition coefficient (Wildman–Crippen LogP) is 3.57. The highest BCUT2D eigenvalue weighted by molar-refractivity contribution is 6.00. The monoisotopic (exact) mass is 335 g/mol. The maximum Gasteiger partial charge on any atom is 0.226 e. The summed E-state index contributed by atoms with van der Waals surface area (Å²) in [6.45, 7) is 1.36. The lowest BCUT2D eigenvalue weighted by Crippen LogP contribution is -2.42. The molecule has 0 radical (unpaired) electrons. The highest BCUT2D eigenvalue weighted by Crippen LogP contribution is 2.33. The molecule has 3 aromatic rings. The Labute approximate surface area is 146 Å². The lowest BCUT2D eigenvalue weighted by atomic mass is 9.86. The molecule has 1 aliphatic heterocycles. The number of nitrogens with zero attached hydrogens (tertiary/aromatic N) is 2. The molecule has 0 saturated carbocycles. The Bertz CT molecular complexity index is 862. The molecule has 128 valence electrons. The molecule has 4 rings (SSSR count). The lowest BCUT2D eigenvalue weighted by Gasteiger charge is -2.38. The maximum absolute atomic E-state index is 12.8. The average molecular weight is 335 g/mol. The van der Waals surface area contributed by atoms with E-state index >= 15 is 0 Å². The van der Waals surface area contributed by atoms with Gasteiger partial charge in [-0.1, -0.05) is 18.2 Å². The smallest absolute Gasteiger partial charge is 0.226 e. The molecule has 25 heavy (non-hydrogen) atoms. The molecule has 5 heteroatoms. The van der Waals surface area contributed by atoms with E-state index in [0.717, 1.165) is 29.4 Å². The van der Waals surface area contributed by atoms with Gasteiger partial charge in [-0.25, -0.2) is 0 Å².